The van der Waals surface area contributed by atoms with Crippen molar-refractivity contribution in [1.82, 2.24) is 9.80 Å². The second kappa shape index (κ2) is 7.96. The first kappa shape index (κ1) is 18.0. The van der Waals surface area contributed by atoms with Gasteiger partial charge in [-0.1, -0.05) is 52.7 Å². The maximum atomic E-state index is 12.6. The van der Waals surface area contributed by atoms with E-state index in [1.807, 2.05) is 17.0 Å². The van der Waals surface area contributed by atoms with E-state index >= 15 is 0 Å². The third kappa shape index (κ3) is 5.07. The van der Waals surface area contributed by atoms with Crippen LogP contribution in [0.5, 0.6) is 0 Å². The highest BCUT2D eigenvalue weighted by atomic mass is 16.2. The molecule has 0 N–H and O–H groups in total. The molecule has 1 heterocycles. The second-order valence-corrected chi connectivity index (χ2v) is 7.67. The van der Waals surface area contributed by atoms with Crippen molar-refractivity contribution in [2.45, 2.75) is 52.4 Å². The average molecular weight is 316 g/mol. The lowest BCUT2D eigenvalue weighted by atomic mass is 9.86. The van der Waals surface area contributed by atoms with Gasteiger partial charge in [0.1, 0.15) is 0 Å². The Labute approximate surface area is 141 Å². The van der Waals surface area contributed by atoms with Crippen molar-refractivity contribution < 1.29 is 4.79 Å². The van der Waals surface area contributed by atoms with Crippen LogP contribution < -0.4 is 0 Å². The van der Waals surface area contributed by atoms with Gasteiger partial charge in [-0.2, -0.15) is 0 Å². The molecule has 1 aromatic carbocycles. The summed E-state index contributed by atoms with van der Waals surface area (Å²) in [6.07, 6.45) is 3.85. The van der Waals surface area contributed by atoms with Crippen molar-refractivity contribution in [3.63, 3.8) is 0 Å². The molecular formula is C20H32N2O. The molecule has 1 aromatic rings. The fraction of sp³-hybridized carbons (Fsp3) is 0.650. The number of rotatable bonds is 5. The predicted molar refractivity (Wildman–Crippen MR) is 97.0 cm³/mol. The van der Waals surface area contributed by atoms with Gasteiger partial charge in [-0.3, -0.25) is 9.69 Å². The Kier molecular flexibility index (Phi) is 6.23. The lowest BCUT2D eigenvalue weighted by Gasteiger charge is -2.34. The average Bonchev–Trinajstić information content (AvgIpc) is 2.54. The molecule has 0 unspecified atom stereocenters. The molecule has 3 nitrogen and oxygen atoms in total. The van der Waals surface area contributed by atoms with Gasteiger partial charge >= 0.3 is 0 Å². The van der Waals surface area contributed by atoms with Gasteiger partial charge in [-0.05, 0) is 36.1 Å². The fourth-order valence-corrected chi connectivity index (χ4v) is 3.06. The number of unbranched alkanes of at least 4 members (excludes halogenated alkanes) is 2. The lowest BCUT2D eigenvalue weighted by molar-refractivity contribution is 0.0635. The van der Waals surface area contributed by atoms with Crippen LogP contribution >= 0.6 is 0 Å². The van der Waals surface area contributed by atoms with Crippen LogP contribution in [-0.2, 0) is 5.41 Å². The first-order valence-electron chi connectivity index (χ1n) is 9.04. The van der Waals surface area contributed by atoms with Gasteiger partial charge < -0.3 is 4.90 Å². The van der Waals surface area contributed by atoms with E-state index in [4.69, 9.17) is 0 Å². The molecule has 0 atom stereocenters. The molecule has 128 valence electrons. The Bertz CT molecular complexity index is 493. The molecule has 0 aromatic heterocycles. The van der Waals surface area contributed by atoms with E-state index in [9.17, 15) is 4.79 Å². The zero-order chi connectivity index (χ0) is 16.9. The maximum Gasteiger partial charge on any atom is 0.253 e. The number of piperazine rings is 1. The minimum absolute atomic E-state index is 0.131. The Morgan fingerprint density at radius 2 is 1.61 bits per heavy atom. The molecule has 1 amide bonds. The SMILES string of the molecule is CCCCCN1CCN(C(=O)c2ccc(C(C)(C)C)cc2)CC1. The molecule has 23 heavy (non-hydrogen) atoms. The summed E-state index contributed by atoms with van der Waals surface area (Å²) in [5.41, 5.74) is 2.22. The number of carbonyl (C=O) groups excluding carboxylic acids is 1. The van der Waals surface area contributed by atoms with Crippen LogP contribution in [0.1, 0.15) is 62.9 Å². The molecule has 1 saturated heterocycles. The summed E-state index contributed by atoms with van der Waals surface area (Å²) in [5.74, 6) is 0.179. The maximum absolute atomic E-state index is 12.6. The van der Waals surface area contributed by atoms with Crippen molar-refractivity contribution in [3.8, 4) is 0 Å². The van der Waals surface area contributed by atoms with E-state index in [2.05, 4.69) is 44.7 Å². The normalized spacial score (nSPS) is 16.6. The van der Waals surface area contributed by atoms with Crippen molar-refractivity contribution in [2.24, 2.45) is 0 Å². The van der Waals surface area contributed by atoms with Crippen LogP contribution in [0, 0.1) is 0 Å². The first-order valence-corrected chi connectivity index (χ1v) is 9.04. The monoisotopic (exact) mass is 316 g/mol. The number of nitrogens with zero attached hydrogens (tertiary/aromatic N) is 2. The fourth-order valence-electron chi connectivity index (χ4n) is 3.06. The van der Waals surface area contributed by atoms with Crippen molar-refractivity contribution in [1.29, 1.82) is 0 Å². The Balaban J connectivity index is 1.87. The summed E-state index contributed by atoms with van der Waals surface area (Å²) >= 11 is 0. The van der Waals surface area contributed by atoms with E-state index in [0.29, 0.717) is 0 Å². The van der Waals surface area contributed by atoms with Crippen LogP contribution in [0.25, 0.3) is 0 Å². The van der Waals surface area contributed by atoms with Crippen LogP contribution in [0.4, 0.5) is 0 Å². The summed E-state index contributed by atoms with van der Waals surface area (Å²) < 4.78 is 0. The van der Waals surface area contributed by atoms with Crippen LogP contribution in [0.2, 0.25) is 0 Å². The Morgan fingerprint density at radius 3 is 2.13 bits per heavy atom. The molecule has 1 aliphatic heterocycles. The van der Waals surface area contributed by atoms with Crippen molar-refractivity contribution in [2.75, 3.05) is 32.7 Å². The van der Waals surface area contributed by atoms with Gasteiger partial charge in [0.05, 0.1) is 0 Å². The summed E-state index contributed by atoms with van der Waals surface area (Å²) in [7, 11) is 0. The predicted octanol–water partition coefficient (Wildman–Crippen LogP) is 3.93. The molecule has 2 rings (SSSR count). The van der Waals surface area contributed by atoms with E-state index in [-0.39, 0.29) is 11.3 Å². The third-order valence-corrected chi connectivity index (χ3v) is 4.74. The molecule has 1 aliphatic rings. The number of hydrogen-bond acceptors (Lipinski definition) is 2. The zero-order valence-corrected chi connectivity index (χ0v) is 15.3. The zero-order valence-electron chi connectivity index (χ0n) is 15.3. The van der Waals surface area contributed by atoms with E-state index in [1.54, 1.807) is 0 Å². The van der Waals surface area contributed by atoms with E-state index in [1.165, 1.54) is 31.4 Å². The number of hydrogen-bond donors (Lipinski definition) is 0. The minimum atomic E-state index is 0.131. The smallest absolute Gasteiger partial charge is 0.253 e. The van der Waals surface area contributed by atoms with Gasteiger partial charge in [0.15, 0.2) is 0 Å². The molecule has 0 bridgehead atoms. The summed E-state index contributed by atoms with van der Waals surface area (Å²) in [6, 6.07) is 8.15. The largest absolute Gasteiger partial charge is 0.336 e. The topological polar surface area (TPSA) is 23.6 Å². The van der Waals surface area contributed by atoms with Gasteiger partial charge in [0, 0.05) is 31.7 Å². The highest BCUT2D eigenvalue weighted by Crippen LogP contribution is 2.22. The highest BCUT2D eigenvalue weighted by molar-refractivity contribution is 5.94. The molecule has 0 radical (unpaired) electrons. The quantitative estimate of drug-likeness (QED) is 0.768. The third-order valence-electron chi connectivity index (χ3n) is 4.74. The molecule has 3 heteroatoms. The van der Waals surface area contributed by atoms with Gasteiger partial charge in [0.25, 0.3) is 5.91 Å². The lowest BCUT2D eigenvalue weighted by Crippen LogP contribution is -2.48. The minimum Gasteiger partial charge on any atom is -0.336 e. The number of amides is 1. The summed E-state index contributed by atoms with van der Waals surface area (Å²) in [6.45, 7) is 13.7. The van der Waals surface area contributed by atoms with Gasteiger partial charge in [-0.15, -0.1) is 0 Å². The summed E-state index contributed by atoms with van der Waals surface area (Å²) in [4.78, 5) is 17.1. The Morgan fingerprint density at radius 1 is 1.00 bits per heavy atom. The highest BCUT2D eigenvalue weighted by Gasteiger charge is 2.22. The molecule has 0 spiro atoms. The summed E-state index contributed by atoms with van der Waals surface area (Å²) in [5, 5.41) is 0. The van der Waals surface area contributed by atoms with Crippen molar-refractivity contribution in [3.05, 3.63) is 35.4 Å². The molecular weight excluding hydrogens is 284 g/mol. The standard InChI is InChI=1S/C20H32N2O/c1-5-6-7-12-21-13-15-22(16-14-21)19(23)17-8-10-18(11-9-17)20(2,3)4/h8-11H,5-7,12-16H2,1-4H3. The molecule has 0 saturated carbocycles. The van der Waals surface area contributed by atoms with E-state index in [0.717, 1.165) is 31.7 Å². The number of benzene rings is 1. The molecule has 1 fully saturated rings. The Hall–Kier alpha value is -1.35. The van der Waals surface area contributed by atoms with Gasteiger partial charge in [0.2, 0.25) is 0 Å². The first-order chi connectivity index (χ1) is 10.9. The van der Waals surface area contributed by atoms with Crippen LogP contribution in [0.3, 0.4) is 0 Å². The second-order valence-electron chi connectivity index (χ2n) is 7.67. The number of carbonyl (C=O) groups is 1. The molecule has 0 aliphatic carbocycles. The van der Waals surface area contributed by atoms with Crippen LogP contribution in [0.15, 0.2) is 24.3 Å². The van der Waals surface area contributed by atoms with Gasteiger partial charge in [-0.25, -0.2) is 0 Å². The van der Waals surface area contributed by atoms with Crippen LogP contribution in [-0.4, -0.2) is 48.4 Å². The van der Waals surface area contributed by atoms with E-state index < -0.39 is 0 Å². The van der Waals surface area contributed by atoms with Crippen molar-refractivity contribution >= 4 is 5.91 Å².